The summed E-state index contributed by atoms with van der Waals surface area (Å²) in [5.74, 6) is -1.44. The van der Waals surface area contributed by atoms with Gasteiger partial charge in [-0.2, -0.15) is 4.98 Å². The maximum Gasteiger partial charge on any atom is 0.253 e. The van der Waals surface area contributed by atoms with Crippen molar-refractivity contribution in [2.75, 3.05) is 19.7 Å². The fraction of sp³-hybridized carbons (Fsp3) is 0.471. The largest absolute Gasteiger partial charge is 0.372 e. The minimum absolute atomic E-state index is 0.0536. The molecule has 6 nitrogen and oxygen atoms in total. The molecule has 1 aliphatic rings. The molecule has 0 N–H and O–H groups in total. The molecule has 134 valence electrons. The van der Waals surface area contributed by atoms with Crippen LogP contribution >= 0.6 is 0 Å². The minimum Gasteiger partial charge on any atom is -0.372 e. The first-order valence-electron chi connectivity index (χ1n) is 8.23. The normalized spacial score (nSPS) is 17.7. The van der Waals surface area contributed by atoms with Crippen LogP contribution in [0.3, 0.4) is 0 Å². The van der Waals surface area contributed by atoms with Crippen LogP contribution < -0.4 is 0 Å². The van der Waals surface area contributed by atoms with Gasteiger partial charge in [-0.25, -0.2) is 8.78 Å². The van der Waals surface area contributed by atoms with E-state index >= 15 is 0 Å². The molecule has 1 aliphatic heterocycles. The Kier molecular flexibility index (Phi) is 5.37. The van der Waals surface area contributed by atoms with Gasteiger partial charge in [0, 0.05) is 31.2 Å². The van der Waals surface area contributed by atoms with Crippen LogP contribution in [0.25, 0.3) is 0 Å². The number of nitrogens with zero attached hydrogens (tertiary/aromatic N) is 3. The minimum atomic E-state index is -1.03. The van der Waals surface area contributed by atoms with Gasteiger partial charge in [-0.05, 0) is 38.0 Å². The molecule has 25 heavy (non-hydrogen) atoms. The third kappa shape index (κ3) is 4.01. The summed E-state index contributed by atoms with van der Waals surface area (Å²) in [5.41, 5.74) is 0.129. The zero-order valence-corrected chi connectivity index (χ0v) is 13.9. The molecule has 1 fully saturated rings. The zero-order chi connectivity index (χ0) is 17.8. The SMILES string of the molecule is CCOCc1nc(C2CCCN(C(=O)c3ccc(F)c(F)c3)C2)no1. The number of benzene rings is 1. The Hall–Kier alpha value is -2.35. The number of rotatable bonds is 5. The fourth-order valence-electron chi connectivity index (χ4n) is 2.87. The van der Waals surface area contributed by atoms with Crippen LogP contribution in [0.15, 0.2) is 22.7 Å². The Morgan fingerprint density at radius 3 is 3.00 bits per heavy atom. The first-order valence-corrected chi connectivity index (χ1v) is 8.23. The number of halogens is 2. The van der Waals surface area contributed by atoms with Crippen LogP contribution in [0.1, 0.15) is 47.8 Å². The summed E-state index contributed by atoms with van der Waals surface area (Å²) in [6, 6.07) is 3.18. The summed E-state index contributed by atoms with van der Waals surface area (Å²) in [6.07, 6.45) is 1.60. The molecular formula is C17H19F2N3O3. The molecule has 2 aromatic rings. The third-order valence-electron chi connectivity index (χ3n) is 4.15. The van der Waals surface area contributed by atoms with Gasteiger partial charge in [0.2, 0.25) is 0 Å². The zero-order valence-electron chi connectivity index (χ0n) is 13.9. The van der Waals surface area contributed by atoms with E-state index in [0.717, 1.165) is 25.0 Å². The molecule has 0 saturated carbocycles. The number of carbonyl (C=O) groups is 1. The summed E-state index contributed by atoms with van der Waals surface area (Å²) in [4.78, 5) is 18.5. The van der Waals surface area contributed by atoms with E-state index in [1.54, 1.807) is 4.90 Å². The van der Waals surface area contributed by atoms with Crippen molar-refractivity contribution in [3.63, 3.8) is 0 Å². The van der Waals surface area contributed by atoms with Crippen molar-refractivity contribution in [3.8, 4) is 0 Å². The summed E-state index contributed by atoms with van der Waals surface area (Å²) < 4.78 is 36.8. The monoisotopic (exact) mass is 351 g/mol. The molecule has 1 aromatic carbocycles. The molecule has 1 aromatic heterocycles. The molecule has 0 bridgehead atoms. The van der Waals surface area contributed by atoms with Gasteiger partial charge in [0.05, 0.1) is 0 Å². The van der Waals surface area contributed by atoms with E-state index in [-0.39, 0.29) is 24.0 Å². The van der Waals surface area contributed by atoms with Crippen LogP contribution in [0.4, 0.5) is 8.78 Å². The lowest BCUT2D eigenvalue weighted by Crippen LogP contribution is -2.39. The first-order chi connectivity index (χ1) is 12.1. The molecule has 0 aliphatic carbocycles. The van der Waals surface area contributed by atoms with Crippen LogP contribution in [0.5, 0.6) is 0 Å². The van der Waals surface area contributed by atoms with Crippen LogP contribution in [-0.2, 0) is 11.3 Å². The molecule has 8 heteroatoms. The lowest BCUT2D eigenvalue weighted by Gasteiger charge is -2.31. The predicted octanol–water partition coefficient (Wildman–Crippen LogP) is 2.90. The second-order valence-electron chi connectivity index (χ2n) is 5.90. The Bertz CT molecular complexity index is 750. The van der Waals surface area contributed by atoms with E-state index in [1.165, 1.54) is 6.07 Å². The number of hydrogen-bond donors (Lipinski definition) is 0. The predicted molar refractivity (Wildman–Crippen MR) is 83.9 cm³/mol. The lowest BCUT2D eigenvalue weighted by molar-refractivity contribution is 0.0703. The van der Waals surface area contributed by atoms with Gasteiger partial charge in [0.15, 0.2) is 17.5 Å². The van der Waals surface area contributed by atoms with E-state index < -0.39 is 11.6 Å². The number of piperidine rings is 1. The quantitative estimate of drug-likeness (QED) is 0.828. The van der Waals surface area contributed by atoms with Gasteiger partial charge in [-0.3, -0.25) is 4.79 Å². The molecule has 1 atom stereocenters. The van der Waals surface area contributed by atoms with Gasteiger partial charge < -0.3 is 14.2 Å². The van der Waals surface area contributed by atoms with Gasteiger partial charge in [0.25, 0.3) is 11.8 Å². The standard InChI is InChI=1S/C17H19F2N3O3/c1-2-24-10-15-20-16(21-25-15)12-4-3-7-22(9-12)17(23)11-5-6-13(18)14(19)8-11/h5-6,8,12H,2-4,7,9-10H2,1H3. The van der Waals surface area contributed by atoms with Gasteiger partial charge >= 0.3 is 0 Å². The van der Waals surface area contributed by atoms with E-state index in [0.29, 0.717) is 31.4 Å². The summed E-state index contributed by atoms with van der Waals surface area (Å²) in [5, 5.41) is 3.97. The topological polar surface area (TPSA) is 68.5 Å². The van der Waals surface area contributed by atoms with Gasteiger partial charge in [0.1, 0.15) is 6.61 Å². The molecule has 0 radical (unpaired) electrons. The smallest absolute Gasteiger partial charge is 0.253 e. The second-order valence-corrected chi connectivity index (χ2v) is 5.90. The summed E-state index contributed by atoms with van der Waals surface area (Å²) in [6.45, 7) is 3.65. The van der Waals surface area contributed by atoms with Crippen molar-refractivity contribution in [3.05, 3.63) is 47.1 Å². The van der Waals surface area contributed by atoms with E-state index in [2.05, 4.69) is 10.1 Å². The van der Waals surface area contributed by atoms with Crippen molar-refractivity contribution in [1.82, 2.24) is 15.0 Å². The Labute approximate surface area is 143 Å². The van der Waals surface area contributed by atoms with Crippen LogP contribution in [0.2, 0.25) is 0 Å². The van der Waals surface area contributed by atoms with Crippen molar-refractivity contribution in [2.45, 2.75) is 32.3 Å². The highest BCUT2D eigenvalue weighted by Crippen LogP contribution is 2.26. The van der Waals surface area contributed by atoms with E-state index in [9.17, 15) is 13.6 Å². The Morgan fingerprint density at radius 2 is 2.24 bits per heavy atom. The Morgan fingerprint density at radius 1 is 1.40 bits per heavy atom. The average molecular weight is 351 g/mol. The molecule has 1 amide bonds. The number of carbonyl (C=O) groups excluding carboxylic acids is 1. The lowest BCUT2D eigenvalue weighted by atomic mass is 9.96. The number of hydrogen-bond acceptors (Lipinski definition) is 5. The number of amides is 1. The fourth-order valence-corrected chi connectivity index (χ4v) is 2.87. The first kappa shape index (κ1) is 17.5. The maximum absolute atomic E-state index is 13.4. The second kappa shape index (κ2) is 7.69. The van der Waals surface area contributed by atoms with Crippen molar-refractivity contribution in [1.29, 1.82) is 0 Å². The number of ether oxygens (including phenoxy) is 1. The van der Waals surface area contributed by atoms with Crippen molar-refractivity contribution in [2.24, 2.45) is 0 Å². The average Bonchev–Trinajstić information content (AvgIpc) is 3.11. The van der Waals surface area contributed by atoms with Crippen molar-refractivity contribution >= 4 is 5.91 Å². The third-order valence-corrected chi connectivity index (χ3v) is 4.15. The summed E-state index contributed by atoms with van der Waals surface area (Å²) >= 11 is 0. The molecular weight excluding hydrogens is 332 g/mol. The number of aromatic nitrogens is 2. The van der Waals surface area contributed by atoms with Gasteiger partial charge in [-0.15, -0.1) is 0 Å². The highest BCUT2D eigenvalue weighted by Gasteiger charge is 2.29. The highest BCUT2D eigenvalue weighted by atomic mass is 19.2. The number of likely N-dealkylation sites (tertiary alicyclic amines) is 1. The molecule has 2 heterocycles. The van der Waals surface area contributed by atoms with Crippen LogP contribution in [0, 0.1) is 11.6 Å². The Balaban J connectivity index is 1.69. The van der Waals surface area contributed by atoms with E-state index in [4.69, 9.17) is 9.26 Å². The molecule has 1 unspecified atom stereocenters. The van der Waals surface area contributed by atoms with Crippen LogP contribution in [-0.4, -0.2) is 40.6 Å². The molecule has 0 spiro atoms. The molecule has 1 saturated heterocycles. The van der Waals surface area contributed by atoms with Gasteiger partial charge in [-0.1, -0.05) is 5.16 Å². The summed E-state index contributed by atoms with van der Waals surface area (Å²) in [7, 11) is 0. The van der Waals surface area contributed by atoms with Crippen molar-refractivity contribution < 1.29 is 22.8 Å². The van der Waals surface area contributed by atoms with E-state index in [1.807, 2.05) is 6.92 Å². The highest BCUT2D eigenvalue weighted by molar-refractivity contribution is 5.94. The maximum atomic E-state index is 13.4. The molecule has 3 rings (SSSR count).